The van der Waals surface area contributed by atoms with Gasteiger partial charge in [0.25, 0.3) is 0 Å². The monoisotopic (exact) mass is 334 g/mol. The Bertz CT molecular complexity index is 855. The maximum Gasteiger partial charge on any atom is 0.135 e. The second kappa shape index (κ2) is 6.61. The first kappa shape index (κ1) is 15.7. The molecule has 0 atom stereocenters. The van der Waals surface area contributed by atoms with Crippen LogP contribution in [0.25, 0.3) is 5.69 Å². The highest BCUT2D eigenvalue weighted by Crippen LogP contribution is 2.28. The standard InChI is InChI=1S/C20H22N4O/c1-15-19-13-23(12-16-8-10-18(25-2)11-9-16)14-21-20(19)24(22-15)17-6-4-3-5-7-17/h3-11,21H,12-14H2,1-2H3. The number of ether oxygens (including phenoxy) is 1. The van der Waals surface area contributed by atoms with E-state index in [1.54, 1.807) is 7.11 Å². The van der Waals surface area contributed by atoms with Crippen LogP contribution >= 0.6 is 0 Å². The Morgan fingerprint density at radius 3 is 2.56 bits per heavy atom. The minimum Gasteiger partial charge on any atom is -0.497 e. The first-order valence-electron chi connectivity index (χ1n) is 8.47. The Labute approximate surface area is 147 Å². The van der Waals surface area contributed by atoms with Crippen LogP contribution in [-0.2, 0) is 13.1 Å². The number of methoxy groups -OCH3 is 1. The van der Waals surface area contributed by atoms with Crippen LogP contribution in [0.5, 0.6) is 5.75 Å². The number of benzene rings is 2. The van der Waals surface area contributed by atoms with E-state index in [-0.39, 0.29) is 0 Å². The lowest BCUT2D eigenvalue weighted by atomic mass is 10.1. The number of hydrogen-bond acceptors (Lipinski definition) is 4. The second-order valence-corrected chi connectivity index (χ2v) is 6.33. The van der Waals surface area contributed by atoms with Crippen molar-refractivity contribution in [2.75, 3.05) is 19.1 Å². The van der Waals surface area contributed by atoms with Crippen molar-refractivity contribution in [2.45, 2.75) is 20.0 Å². The Balaban J connectivity index is 1.54. The summed E-state index contributed by atoms with van der Waals surface area (Å²) in [5.41, 5.74) is 4.71. The number of nitrogens with zero attached hydrogens (tertiary/aromatic N) is 3. The summed E-state index contributed by atoms with van der Waals surface area (Å²) in [6, 6.07) is 18.5. The topological polar surface area (TPSA) is 42.3 Å². The molecule has 0 fully saturated rings. The van der Waals surface area contributed by atoms with Crippen molar-refractivity contribution in [1.29, 1.82) is 0 Å². The zero-order valence-electron chi connectivity index (χ0n) is 14.6. The van der Waals surface area contributed by atoms with Gasteiger partial charge in [-0.2, -0.15) is 5.10 Å². The quantitative estimate of drug-likeness (QED) is 0.792. The van der Waals surface area contributed by atoms with Crippen LogP contribution in [0.15, 0.2) is 54.6 Å². The van der Waals surface area contributed by atoms with Gasteiger partial charge in [-0.3, -0.25) is 4.90 Å². The van der Waals surface area contributed by atoms with E-state index in [9.17, 15) is 0 Å². The van der Waals surface area contributed by atoms with Crippen LogP contribution in [0.3, 0.4) is 0 Å². The van der Waals surface area contributed by atoms with Crippen molar-refractivity contribution in [2.24, 2.45) is 0 Å². The Kier molecular flexibility index (Phi) is 4.15. The molecule has 5 heteroatoms. The maximum atomic E-state index is 5.23. The number of aromatic nitrogens is 2. The van der Waals surface area contributed by atoms with Gasteiger partial charge in [-0.05, 0) is 36.8 Å². The Hall–Kier alpha value is -2.79. The lowest BCUT2D eigenvalue weighted by Gasteiger charge is -2.29. The molecule has 1 aliphatic heterocycles. The minimum absolute atomic E-state index is 0.803. The molecule has 1 N–H and O–H groups in total. The van der Waals surface area contributed by atoms with Crippen LogP contribution in [0.4, 0.5) is 5.82 Å². The molecule has 2 heterocycles. The summed E-state index contributed by atoms with van der Waals surface area (Å²) in [5.74, 6) is 2.00. The molecule has 0 saturated heterocycles. The molecule has 0 bridgehead atoms. The molecule has 3 aromatic rings. The minimum atomic E-state index is 0.803. The summed E-state index contributed by atoms with van der Waals surface area (Å²) in [6.45, 7) is 4.67. The third-order valence-electron chi connectivity index (χ3n) is 4.60. The zero-order valence-corrected chi connectivity index (χ0v) is 14.6. The van der Waals surface area contributed by atoms with Crippen LogP contribution < -0.4 is 10.1 Å². The van der Waals surface area contributed by atoms with Crippen molar-refractivity contribution in [3.8, 4) is 11.4 Å². The molecule has 1 aromatic heterocycles. The average molecular weight is 334 g/mol. The molecule has 25 heavy (non-hydrogen) atoms. The van der Waals surface area contributed by atoms with Crippen LogP contribution in [0.1, 0.15) is 16.8 Å². The zero-order chi connectivity index (χ0) is 17.2. The first-order chi connectivity index (χ1) is 12.2. The van der Waals surface area contributed by atoms with Gasteiger partial charge in [-0.15, -0.1) is 0 Å². The SMILES string of the molecule is COc1ccc(CN2CNc3c(c(C)nn3-c3ccccc3)C2)cc1. The first-order valence-corrected chi connectivity index (χ1v) is 8.47. The fraction of sp³-hybridized carbons (Fsp3) is 0.250. The van der Waals surface area contributed by atoms with E-state index in [0.717, 1.165) is 42.7 Å². The number of fused-ring (bicyclic) bond motifs is 1. The molecule has 0 saturated carbocycles. The van der Waals surface area contributed by atoms with Crippen molar-refractivity contribution >= 4 is 5.82 Å². The molecule has 0 spiro atoms. The predicted octanol–water partition coefficient (Wildman–Crippen LogP) is 3.57. The highest BCUT2D eigenvalue weighted by atomic mass is 16.5. The third-order valence-corrected chi connectivity index (χ3v) is 4.60. The predicted molar refractivity (Wildman–Crippen MR) is 99.0 cm³/mol. The van der Waals surface area contributed by atoms with E-state index >= 15 is 0 Å². The second-order valence-electron chi connectivity index (χ2n) is 6.33. The van der Waals surface area contributed by atoms with Gasteiger partial charge in [0.05, 0.1) is 25.2 Å². The van der Waals surface area contributed by atoms with Crippen LogP contribution in [0, 0.1) is 6.92 Å². The molecule has 1 aliphatic rings. The molecule has 128 valence electrons. The van der Waals surface area contributed by atoms with Crippen molar-refractivity contribution in [3.63, 3.8) is 0 Å². The van der Waals surface area contributed by atoms with Gasteiger partial charge in [0.1, 0.15) is 11.6 Å². The molecule has 2 aromatic carbocycles. The molecule has 0 unspecified atom stereocenters. The summed E-state index contributed by atoms with van der Waals surface area (Å²) in [5, 5.41) is 8.28. The van der Waals surface area contributed by atoms with E-state index < -0.39 is 0 Å². The number of rotatable bonds is 4. The largest absolute Gasteiger partial charge is 0.497 e. The number of para-hydroxylation sites is 1. The average Bonchev–Trinajstić information content (AvgIpc) is 2.99. The van der Waals surface area contributed by atoms with E-state index in [2.05, 4.69) is 41.4 Å². The van der Waals surface area contributed by atoms with Gasteiger partial charge in [0, 0.05) is 18.7 Å². The summed E-state index contributed by atoms with van der Waals surface area (Å²) in [6.07, 6.45) is 0. The number of aryl methyl sites for hydroxylation is 1. The molecule has 0 amide bonds. The normalized spacial score (nSPS) is 14.0. The van der Waals surface area contributed by atoms with Crippen molar-refractivity contribution < 1.29 is 4.74 Å². The molecular weight excluding hydrogens is 312 g/mol. The molecule has 5 nitrogen and oxygen atoms in total. The molecule has 4 rings (SSSR count). The highest BCUT2D eigenvalue weighted by molar-refractivity contribution is 5.54. The fourth-order valence-corrected chi connectivity index (χ4v) is 3.25. The van der Waals surface area contributed by atoms with Gasteiger partial charge in [-0.25, -0.2) is 4.68 Å². The van der Waals surface area contributed by atoms with Gasteiger partial charge in [0.15, 0.2) is 0 Å². The van der Waals surface area contributed by atoms with E-state index in [1.165, 1.54) is 11.1 Å². The van der Waals surface area contributed by atoms with Crippen molar-refractivity contribution in [1.82, 2.24) is 14.7 Å². The van der Waals surface area contributed by atoms with E-state index in [1.807, 2.05) is 35.0 Å². The third kappa shape index (κ3) is 3.10. The summed E-state index contributed by atoms with van der Waals surface area (Å²) >= 11 is 0. The van der Waals surface area contributed by atoms with Crippen LogP contribution in [-0.4, -0.2) is 28.5 Å². The summed E-state index contributed by atoms with van der Waals surface area (Å²) in [4.78, 5) is 2.38. The van der Waals surface area contributed by atoms with Gasteiger partial charge in [0.2, 0.25) is 0 Å². The molecule has 0 aliphatic carbocycles. The number of nitrogens with one attached hydrogen (secondary N) is 1. The number of hydrogen-bond donors (Lipinski definition) is 1. The van der Waals surface area contributed by atoms with E-state index in [0.29, 0.717) is 0 Å². The molecular formula is C20H22N4O. The van der Waals surface area contributed by atoms with Crippen molar-refractivity contribution in [3.05, 3.63) is 71.4 Å². The molecule has 0 radical (unpaired) electrons. The Morgan fingerprint density at radius 1 is 1.08 bits per heavy atom. The van der Waals surface area contributed by atoms with Gasteiger partial charge >= 0.3 is 0 Å². The smallest absolute Gasteiger partial charge is 0.135 e. The van der Waals surface area contributed by atoms with E-state index in [4.69, 9.17) is 9.84 Å². The highest BCUT2D eigenvalue weighted by Gasteiger charge is 2.23. The lowest BCUT2D eigenvalue weighted by molar-refractivity contribution is 0.266. The fourth-order valence-electron chi connectivity index (χ4n) is 3.25. The van der Waals surface area contributed by atoms with Gasteiger partial charge in [-0.1, -0.05) is 30.3 Å². The van der Waals surface area contributed by atoms with Crippen LogP contribution in [0.2, 0.25) is 0 Å². The maximum absolute atomic E-state index is 5.23. The summed E-state index contributed by atoms with van der Waals surface area (Å²) in [7, 11) is 1.69. The number of anilines is 1. The summed E-state index contributed by atoms with van der Waals surface area (Å²) < 4.78 is 7.24. The Morgan fingerprint density at radius 2 is 1.84 bits per heavy atom. The lowest BCUT2D eigenvalue weighted by Crippen LogP contribution is -2.33. The van der Waals surface area contributed by atoms with Gasteiger partial charge < -0.3 is 10.1 Å².